The molecule has 1 fully saturated rings. The smallest absolute Gasteiger partial charge is 0.289 e. The Balaban J connectivity index is 1.95. The van der Waals surface area contributed by atoms with E-state index in [4.69, 9.17) is 11.6 Å². The second kappa shape index (κ2) is 6.59. The van der Waals surface area contributed by atoms with Crippen LogP contribution in [0.5, 0.6) is 0 Å². The number of nitro groups is 1. The summed E-state index contributed by atoms with van der Waals surface area (Å²) in [5.41, 5.74) is -0.0192. The number of nitrogens with one attached hydrogen (secondary N) is 1. The first-order chi connectivity index (χ1) is 10.3. The lowest BCUT2D eigenvalue weighted by molar-refractivity contribution is -0.384. The summed E-state index contributed by atoms with van der Waals surface area (Å²) in [6.07, 6.45) is 0. The van der Waals surface area contributed by atoms with Crippen molar-refractivity contribution >= 4 is 38.7 Å². The number of nitrogens with zero attached hydrogens (tertiary/aromatic N) is 2. The Labute approximate surface area is 132 Å². The van der Waals surface area contributed by atoms with Crippen LogP contribution in [-0.4, -0.2) is 55.3 Å². The van der Waals surface area contributed by atoms with E-state index >= 15 is 0 Å². The summed E-state index contributed by atoms with van der Waals surface area (Å²) in [6, 6.07) is 3.98. The van der Waals surface area contributed by atoms with Gasteiger partial charge in [0.05, 0.1) is 23.0 Å². The van der Waals surface area contributed by atoms with Crippen LogP contribution in [0.2, 0.25) is 5.02 Å². The molecule has 120 valence electrons. The molecular weight excluding hydrogens is 334 g/mol. The number of carbonyl (C=O) groups excluding carboxylic acids is 1. The molecule has 10 heteroatoms. The Hall–Kier alpha value is -1.71. The second-order valence-electron chi connectivity index (χ2n) is 4.90. The van der Waals surface area contributed by atoms with Crippen molar-refractivity contribution in [3.63, 3.8) is 0 Å². The monoisotopic (exact) mass is 347 g/mol. The van der Waals surface area contributed by atoms with Crippen LogP contribution in [0.4, 0.5) is 11.4 Å². The van der Waals surface area contributed by atoms with Crippen molar-refractivity contribution in [1.82, 2.24) is 4.90 Å². The number of benzene rings is 1. The first-order valence-electron chi connectivity index (χ1n) is 6.43. The Morgan fingerprint density at radius 1 is 1.36 bits per heavy atom. The van der Waals surface area contributed by atoms with Gasteiger partial charge < -0.3 is 5.32 Å². The first-order valence-corrected chi connectivity index (χ1v) is 8.63. The van der Waals surface area contributed by atoms with Crippen molar-refractivity contribution in [3.05, 3.63) is 33.3 Å². The Kier molecular flexibility index (Phi) is 4.99. The average Bonchev–Trinajstić information content (AvgIpc) is 2.43. The highest BCUT2D eigenvalue weighted by Crippen LogP contribution is 2.27. The lowest BCUT2D eigenvalue weighted by atomic mass is 10.2. The van der Waals surface area contributed by atoms with Gasteiger partial charge in [-0.15, -0.1) is 0 Å². The topological polar surface area (TPSA) is 110 Å². The molecule has 0 aliphatic carbocycles. The summed E-state index contributed by atoms with van der Waals surface area (Å²) in [4.78, 5) is 23.8. The highest BCUT2D eigenvalue weighted by Gasteiger charge is 2.23. The van der Waals surface area contributed by atoms with Gasteiger partial charge in [-0.05, 0) is 12.1 Å². The van der Waals surface area contributed by atoms with Crippen LogP contribution < -0.4 is 5.32 Å². The molecule has 1 aliphatic rings. The van der Waals surface area contributed by atoms with Gasteiger partial charge in [-0.3, -0.25) is 19.8 Å². The van der Waals surface area contributed by atoms with Crippen LogP contribution in [0.15, 0.2) is 18.2 Å². The van der Waals surface area contributed by atoms with Gasteiger partial charge in [0.25, 0.3) is 5.69 Å². The van der Waals surface area contributed by atoms with Crippen LogP contribution >= 0.6 is 11.6 Å². The lowest BCUT2D eigenvalue weighted by Gasteiger charge is -2.25. The van der Waals surface area contributed by atoms with E-state index in [2.05, 4.69) is 5.32 Å². The summed E-state index contributed by atoms with van der Waals surface area (Å²) in [5, 5.41) is 13.3. The molecule has 1 aromatic rings. The number of sulfone groups is 1. The van der Waals surface area contributed by atoms with Crippen molar-refractivity contribution in [2.45, 2.75) is 0 Å². The van der Waals surface area contributed by atoms with E-state index in [9.17, 15) is 23.3 Å². The molecule has 1 heterocycles. The van der Waals surface area contributed by atoms with Crippen molar-refractivity contribution in [2.75, 3.05) is 36.5 Å². The third-order valence-electron chi connectivity index (χ3n) is 3.23. The number of rotatable bonds is 4. The van der Waals surface area contributed by atoms with Gasteiger partial charge in [0, 0.05) is 24.8 Å². The number of amides is 1. The molecule has 0 aromatic heterocycles. The fourth-order valence-corrected chi connectivity index (χ4v) is 3.51. The Morgan fingerprint density at radius 2 is 2.00 bits per heavy atom. The van der Waals surface area contributed by atoms with Gasteiger partial charge in [-0.1, -0.05) is 11.6 Å². The highest BCUT2D eigenvalue weighted by atomic mass is 35.5. The Morgan fingerprint density at radius 3 is 2.59 bits per heavy atom. The summed E-state index contributed by atoms with van der Waals surface area (Å²) in [7, 11) is -2.99. The van der Waals surface area contributed by atoms with Gasteiger partial charge in [0.2, 0.25) is 5.91 Å². The molecule has 1 aliphatic heterocycles. The van der Waals surface area contributed by atoms with E-state index in [-0.39, 0.29) is 40.4 Å². The third-order valence-corrected chi connectivity index (χ3v) is 5.16. The SMILES string of the molecule is O=C(CN1CCS(=O)(=O)CC1)Nc1ccc(Cl)c([N+](=O)[O-])c1. The van der Waals surface area contributed by atoms with Crippen molar-refractivity contribution in [3.8, 4) is 0 Å². The maximum Gasteiger partial charge on any atom is 0.289 e. The zero-order chi connectivity index (χ0) is 16.3. The molecular formula is C12H14ClN3O5S. The van der Waals surface area contributed by atoms with Gasteiger partial charge in [0.15, 0.2) is 9.84 Å². The van der Waals surface area contributed by atoms with Gasteiger partial charge >= 0.3 is 0 Å². The number of anilines is 1. The minimum Gasteiger partial charge on any atom is -0.325 e. The van der Waals surface area contributed by atoms with Crippen molar-refractivity contribution < 1.29 is 18.1 Å². The molecule has 0 radical (unpaired) electrons. The van der Waals surface area contributed by atoms with E-state index in [1.807, 2.05) is 0 Å². The first kappa shape index (κ1) is 16.7. The Bertz CT molecular complexity index is 693. The number of hydrogen-bond donors (Lipinski definition) is 1. The molecule has 1 aromatic carbocycles. The fraction of sp³-hybridized carbons (Fsp3) is 0.417. The predicted molar refractivity (Wildman–Crippen MR) is 81.8 cm³/mol. The standard InChI is InChI=1S/C12H14ClN3O5S/c13-10-2-1-9(7-11(10)16(18)19)14-12(17)8-15-3-5-22(20,21)6-4-15/h1-2,7H,3-6,8H2,(H,14,17). The zero-order valence-corrected chi connectivity index (χ0v) is 13.1. The molecule has 22 heavy (non-hydrogen) atoms. The maximum atomic E-state index is 11.9. The van der Waals surface area contributed by atoms with Gasteiger partial charge in [0.1, 0.15) is 5.02 Å². The maximum absolute atomic E-state index is 11.9. The molecule has 8 nitrogen and oxygen atoms in total. The average molecular weight is 348 g/mol. The van der Waals surface area contributed by atoms with E-state index in [0.717, 1.165) is 0 Å². The molecule has 1 amide bonds. The molecule has 1 N–H and O–H groups in total. The van der Waals surface area contributed by atoms with Crippen LogP contribution in [0.3, 0.4) is 0 Å². The molecule has 0 atom stereocenters. The zero-order valence-electron chi connectivity index (χ0n) is 11.5. The number of carbonyl (C=O) groups is 1. The van der Waals surface area contributed by atoms with Crippen molar-refractivity contribution in [1.29, 1.82) is 0 Å². The summed E-state index contributed by atoms with van der Waals surface area (Å²) in [6.45, 7) is 0.638. The number of nitro benzene ring substituents is 1. The van der Waals surface area contributed by atoms with E-state index in [1.54, 1.807) is 4.90 Å². The summed E-state index contributed by atoms with van der Waals surface area (Å²) < 4.78 is 22.6. The minimum atomic E-state index is -2.99. The molecule has 0 unspecified atom stereocenters. The van der Waals surface area contributed by atoms with Crippen LogP contribution in [0, 0.1) is 10.1 Å². The lowest BCUT2D eigenvalue weighted by Crippen LogP contribution is -2.43. The summed E-state index contributed by atoms with van der Waals surface area (Å²) >= 11 is 5.69. The predicted octanol–water partition coefficient (Wildman–Crippen LogP) is 0.917. The van der Waals surface area contributed by atoms with Crippen LogP contribution in [-0.2, 0) is 14.6 Å². The highest BCUT2D eigenvalue weighted by molar-refractivity contribution is 7.91. The van der Waals surface area contributed by atoms with E-state index in [0.29, 0.717) is 13.1 Å². The molecule has 2 rings (SSSR count). The van der Waals surface area contributed by atoms with Gasteiger partial charge in [-0.2, -0.15) is 0 Å². The number of halogens is 1. The fourth-order valence-electron chi connectivity index (χ4n) is 2.04. The van der Waals surface area contributed by atoms with Crippen LogP contribution in [0.25, 0.3) is 0 Å². The molecule has 0 spiro atoms. The third kappa shape index (κ3) is 4.39. The second-order valence-corrected chi connectivity index (χ2v) is 7.61. The quantitative estimate of drug-likeness (QED) is 0.640. The molecule has 0 saturated carbocycles. The molecule has 0 bridgehead atoms. The largest absolute Gasteiger partial charge is 0.325 e. The number of hydrogen-bond acceptors (Lipinski definition) is 6. The molecule has 1 saturated heterocycles. The van der Waals surface area contributed by atoms with E-state index < -0.39 is 14.8 Å². The van der Waals surface area contributed by atoms with Gasteiger partial charge in [-0.25, -0.2) is 8.42 Å². The van der Waals surface area contributed by atoms with E-state index in [1.165, 1.54) is 18.2 Å². The minimum absolute atomic E-state index is 0.00997. The van der Waals surface area contributed by atoms with Crippen molar-refractivity contribution in [2.24, 2.45) is 0 Å². The van der Waals surface area contributed by atoms with Crippen LogP contribution in [0.1, 0.15) is 0 Å². The summed E-state index contributed by atoms with van der Waals surface area (Å²) in [5.74, 6) is -0.296. The normalized spacial score (nSPS) is 17.9.